The van der Waals surface area contributed by atoms with Crippen molar-refractivity contribution in [2.45, 2.75) is 20.0 Å². The van der Waals surface area contributed by atoms with E-state index in [4.69, 9.17) is 0 Å². The van der Waals surface area contributed by atoms with Crippen LogP contribution < -0.4 is 0 Å². The third kappa shape index (κ3) is 3.86. The predicted octanol–water partition coefficient (Wildman–Crippen LogP) is 2.52. The van der Waals surface area contributed by atoms with Crippen molar-refractivity contribution in [1.29, 1.82) is 0 Å². The highest BCUT2D eigenvalue weighted by Gasteiger charge is 2.17. The number of likely N-dealkylation sites (N-methyl/N-ethyl adjacent to an activating group) is 1. The Labute approximate surface area is 175 Å². The molecule has 0 saturated heterocycles. The van der Waals surface area contributed by atoms with Gasteiger partial charge in [0.25, 0.3) is 5.91 Å². The van der Waals surface area contributed by atoms with E-state index < -0.39 is 0 Å². The number of benzene rings is 1. The Morgan fingerprint density at radius 2 is 1.93 bits per heavy atom. The zero-order valence-electron chi connectivity index (χ0n) is 17.7. The van der Waals surface area contributed by atoms with Crippen molar-refractivity contribution in [2.75, 3.05) is 27.7 Å². The largest absolute Gasteiger partial charge is 0.336 e. The molecule has 0 aliphatic carbocycles. The number of hydrogen-bond acceptors (Lipinski definition) is 6. The first kappa shape index (κ1) is 19.9. The normalized spacial score (nSPS) is 11.5. The SMILES string of the molecule is Cc1nc2nnc3ccc(C(=O)N(C)Cc4ccccn4)cc3c2n1CCN(C)C. The molecule has 0 fully saturated rings. The quantitative estimate of drug-likeness (QED) is 0.492. The number of nitrogens with zero attached hydrogens (tertiary/aromatic N) is 7. The number of hydrogen-bond donors (Lipinski definition) is 0. The number of aromatic nitrogens is 5. The van der Waals surface area contributed by atoms with Gasteiger partial charge in [0.1, 0.15) is 5.82 Å². The number of aryl methyl sites for hydroxylation is 1. The van der Waals surface area contributed by atoms with Crippen molar-refractivity contribution >= 4 is 28.0 Å². The summed E-state index contributed by atoms with van der Waals surface area (Å²) in [6.45, 7) is 4.08. The lowest BCUT2D eigenvalue weighted by molar-refractivity contribution is 0.0783. The van der Waals surface area contributed by atoms with E-state index in [0.717, 1.165) is 41.0 Å². The molecule has 8 heteroatoms. The van der Waals surface area contributed by atoms with Gasteiger partial charge in [0.15, 0.2) is 0 Å². The lowest BCUT2D eigenvalue weighted by Crippen LogP contribution is -2.26. The van der Waals surface area contributed by atoms with Crippen molar-refractivity contribution in [1.82, 2.24) is 34.5 Å². The smallest absolute Gasteiger partial charge is 0.253 e. The first-order valence-electron chi connectivity index (χ1n) is 9.87. The molecule has 0 saturated carbocycles. The molecule has 0 atom stereocenters. The summed E-state index contributed by atoms with van der Waals surface area (Å²) in [6.07, 6.45) is 1.73. The van der Waals surface area contributed by atoms with Crippen molar-refractivity contribution < 1.29 is 4.79 Å². The number of pyridine rings is 1. The highest BCUT2D eigenvalue weighted by molar-refractivity contribution is 6.05. The third-order valence-corrected chi connectivity index (χ3v) is 5.13. The highest BCUT2D eigenvalue weighted by atomic mass is 16.2. The second-order valence-corrected chi connectivity index (χ2v) is 7.70. The minimum Gasteiger partial charge on any atom is -0.336 e. The Hall–Kier alpha value is -3.39. The van der Waals surface area contributed by atoms with Gasteiger partial charge in [-0.1, -0.05) is 6.07 Å². The monoisotopic (exact) mass is 403 g/mol. The molecule has 0 aliphatic rings. The van der Waals surface area contributed by atoms with Crippen LogP contribution >= 0.6 is 0 Å². The van der Waals surface area contributed by atoms with Gasteiger partial charge in [-0.3, -0.25) is 9.78 Å². The van der Waals surface area contributed by atoms with Gasteiger partial charge < -0.3 is 14.4 Å². The zero-order valence-corrected chi connectivity index (χ0v) is 17.7. The first-order chi connectivity index (χ1) is 14.4. The van der Waals surface area contributed by atoms with Crippen molar-refractivity contribution in [3.63, 3.8) is 0 Å². The second kappa shape index (κ2) is 8.16. The molecular formula is C22H25N7O. The summed E-state index contributed by atoms with van der Waals surface area (Å²) in [4.78, 5) is 25.7. The molecule has 30 heavy (non-hydrogen) atoms. The topological polar surface area (TPSA) is 80.0 Å². The van der Waals surface area contributed by atoms with E-state index in [2.05, 4.69) is 29.6 Å². The molecule has 0 aliphatic heterocycles. The van der Waals surface area contributed by atoms with Gasteiger partial charge >= 0.3 is 0 Å². The summed E-state index contributed by atoms with van der Waals surface area (Å²) in [5, 5.41) is 9.47. The van der Waals surface area contributed by atoms with Gasteiger partial charge in [-0.15, -0.1) is 10.2 Å². The number of fused-ring (bicyclic) bond motifs is 3. The maximum Gasteiger partial charge on any atom is 0.253 e. The Kier molecular flexibility index (Phi) is 5.41. The van der Waals surface area contributed by atoms with Crippen LogP contribution in [0.2, 0.25) is 0 Å². The second-order valence-electron chi connectivity index (χ2n) is 7.70. The number of carbonyl (C=O) groups is 1. The number of amides is 1. The Morgan fingerprint density at radius 3 is 2.67 bits per heavy atom. The fraction of sp³-hybridized carbons (Fsp3) is 0.318. The van der Waals surface area contributed by atoms with E-state index in [9.17, 15) is 4.79 Å². The molecule has 0 radical (unpaired) electrons. The summed E-state index contributed by atoms with van der Waals surface area (Å²) in [7, 11) is 5.87. The Morgan fingerprint density at radius 1 is 1.10 bits per heavy atom. The van der Waals surface area contributed by atoms with Crippen LogP contribution in [-0.2, 0) is 13.1 Å². The minimum atomic E-state index is -0.0661. The minimum absolute atomic E-state index is 0.0661. The summed E-state index contributed by atoms with van der Waals surface area (Å²) < 4.78 is 2.15. The van der Waals surface area contributed by atoms with Crippen molar-refractivity contribution in [2.24, 2.45) is 0 Å². The molecule has 3 aromatic heterocycles. The summed E-state index contributed by atoms with van der Waals surface area (Å²) in [6, 6.07) is 11.2. The fourth-order valence-electron chi connectivity index (χ4n) is 3.53. The van der Waals surface area contributed by atoms with Crippen LogP contribution in [0.4, 0.5) is 0 Å². The van der Waals surface area contributed by atoms with Gasteiger partial charge in [0, 0.05) is 37.3 Å². The Bertz CT molecular complexity index is 1200. The van der Waals surface area contributed by atoms with Crippen molar-refractivity contribution in [3.8, 4) is 0 Å². The lowest BCUT2D eigenvalue weighted by atomic mass is 10.1. The lowest BCUT2D eigenvalue weighted by Gasteiger charge is -2.17. The number of carbonyl (C=O) groups excluding carboxylic acids is 1. The van der Waals surface area contributed by atoms with E-state index in [-0.39, 0.29) is 5.91 Å². The molecule has 1 amide bonds. The van der Waals surface area contributed by atoms with E-state index in [1.165, 1.54) is 0 Å². The van der Waals surface area contributed by atoms with Crippen LogP contribution in [0.3, 0.4) is 0 Å². The third-order valence-electron chi connectivity index (χ3n) is 5.13. The molecule has 154 valence electrons. The molecule has 3 heterocycles. The average molecular weight is 403 g/mol. The van der Waals surface area contributed by atoms with Crippen LogP contribution in [0.25, 0.3) is 22.1 Å². The van der Waals surface area contributed by atoms with Gasteiger partial charge in [-0.2, -0.15) is 0 Å². The number of rotatable bonds is 6. The summed E-state index contributed by atoms with van der Waals surface area (Å²) >= 11 is 0. The molecule has 4 rings (SSSR count). The maximum atomic E-state index is 13.1. The van der Waals surface area contributed by atoms with Crippen LogP contribution in [0.15, 0.2) is 42.6 Å². The molecular weight excluding hydrogens is 378 g/mol. The molecule has 0 bridgehead atoms. The maximum absolute atomic E-state index is 13.1. The van der Waals surface area contributed by atoms with Gasteiger partial charge in [-0.25, -0.2) is 4.98 Å². The van der Waals surface area contributed by atoms with Crippen LogP contribution in [0, 0.1) is 6.92 Å². The number of imidazole rings is 1. The fourth-order valence-corrected chi connectivity index (χ4v) is 3.53. The van der Waals surface area contributed by atoms with Gasteiger partial charge in [-0.05, 0) is 51.4 Å². The zero-order chi connectivity index (χ0) is 21.3. The summed E-state index contributed by atoms with van der Waals surface area (Å²) in [5.41, 5.74) is 3.72. The van der Waals surface area contributed by atoms with E-state index in [0.29, 0.717) is 17.8 Å². The average Bonchev–Trinajstić information content (AvgIpc) is 3.07. The highest BCUT2D eigenvalue weighted by Crippen LogP contribution is 2.25. The molecule has 8 nitrogen and oxygen atoms in total. The van der Waals surface area contributed by atoms with E-state index >= 15 is 0 Å². The molecule has 1 aromatic carbocycles. The molecule has 0 N–H and O–H groups in total. The first-order valence-corrected chi connectivity index (χ1v) is 9.87. The van der Waals surface area contributed by atoms with Crippen molar-refractivity contribution in [3.05, 3.63) is 59.7 Å². The van der Waals surface area contributed by atoms with Gasteiger partial charge in [0.05, 0.1) is 23.3 Å². The Balaban J connectivity index is 1.73. The molecule has 4 aromatic rings. The van der Waals surface area contributed by atoms with E-state index in [1.807, 2.05) is 51.4 Å². The van der Waals surface area contributed by atoms with Gasteiger partial charge in [0.2, 0.25) is 5.65 Å². The van der Waals surface area contributed by atoms with Crippen LogP contribution in [0.5, 0.6) is 0 Å². The predicted molar refractivity (Wildman–Crippen MR) is 116 cm³/mol. The standard InChI is InChI=1S/C22H25N7O/c1-15-24-21-20(29(15)12-11-27(2)3)18-13-16(8-9-19(18)25-26-21)22(30)28(4)14-17-7-5-6-10-23-17/h5-10,13H,11-12,14H2,1-4H3. The van der Waals surface area contributed by atoms with Crippen LogP contribution in [0.1, 0.15) is 21.9 Å². The summed E-state index contributed by atoms with van der Waals surface area (Å²) in [5.74, 6) is 0.821. The molecule has 0 spiro atoms. The van der Waals surface area contributed by atoms with Crippen LogP contribution in [-0.4, -0.2) is 68.1 Å². The van der Waals surface area contributed by atoms with E-state index in [1.54, 1.807) is 24.2 Å². The molecule has 0 unspecified atom stereocenters.